The first kappa shape index (κ1) is 24.2. The summed E-state index contributed by atoms with van der Waals surface area (Å²) < 4.78 is 28.8. The van der Waals surface area contributed by atoms with Crippen molar-refractivity contribution in [3.8, 4) is 0 Å². The predicted octanol–water partition coefficient (Wildman–Crippen LogP) is 4.95. The van der Waals surface area contributed by atoms with Gasteiger partial charge >= 0.3 is 0 Å². The molecule has 0 N–H and O–H groups in total. The summed E-state index contributed by atoms with van der Waals surface area (Å²) in [6, 6.07) is 19.0. The largest absolute Gasteiger partial charge is 0.337 e. The number of aromatic nitrogens is 2. The fourth-order valence-corrected chi connectivity index (χ4v) is 6.31. The Morgan fingerprint density at radius 1 is 0.971 bits per heavy atom. The Bertz CT molecular complexity index is 1180. The van der Waals surface area contributed by atoms with Gasteiger partial charge in [-0.15, -0.1) is 0 Å². The van der Waals surface area contributed by atoms with E-state index < -0.39 is 9.84 Å². The number of sulfone groups is 1. The molecule has 3 aromatic rings. The Labute approximate surface area is 202 Å². The fraction of sp³-hybridized carbons (Fsp3) is 0.407. The molecule has 1 aliphatic rings. The predicted molar refractivity (Wildman–Crippen MR) is 133 cm³/mol. The Kier molecular flexibility index (Phi) is 7.83. The molecule has 1 fully saturated rings. The van der Waals surface area contributed by atoms with Gasteiger partial charge in [-0.05, 0) is 30.9 Å². The first-order valence-corrected chi connectivity index (χ1v) is 13.8. The first-order chi connectivity index (χ1) is 16.5. The van der Waals surface area contributed by atoms with Crippen LogP contribution in [-0.2, 0) is 33.4 Å². The van der Waals surface area contributed by atoms with Crippen molar-refractivity contribution in [2.45, 2.75) is 68.9 Å². The van der Waals surface area contributed by atoms with E-state index in [0.717, 1.165) is 42.5 Å². The van der Waals surface area contributed by atoms with Crippen LogP contribution in [0.15, 0.2) is 72.0 Å². The van der Waals surface area contributed by atoms with Crippen molar-refractivity contribution in [1.29, 1.82) is 0 Å². The molecule has 0 spiro atoms. The Morgan fingerprint density at radius 2 is 1.59 bits per heavy atom. The minimum Gasteiger partial charge on any atom is -0.337 e. The molecule has 0 atom stereocenters. The molecule has 1 aliphatic carbocycles. The molecule has 2 aromatic carbocycles. The molecule has 1 saturated carbocycles. The van der Waals surface area contributed by atoms with Crippen molar-refractivity contribution in [2.24, 2.45) is 0 Å². The SMILES string of the molecule is CCN(Cc1cnc(S(=O)(=O)Cc2ccccc2)n1C1CCCCC1)C(=O)Cc1ccccc1. The molecule has 6 nitrogen and oxygen atoms in total. The summed E-state index contributed by atoms with van der Waals surface area (Å²) >= 11 is 0. The summed E-state index contributed by atoms with van der Waals surface area (Å²) in [4.78, 5) is 19.3. The van der Waals surface area contributed by atoms with Crippen LogP contribution in [0.1, 0.15) is 61.9 Å². The molecule has 0 aliphatic heterocycles. The lowest BCUT2D eigenvalue weighted by Crippen LogP contribution is -2.33. The van der Waals surface area contributed by atoms with Crippen LogP contribution in [0.5, 0.6) is 0 Å². The maximum atomic E-state index is 13.4. The Morgan fingerprint density at radius 3 is 2.21 bits per heavy atom. The zero-order valence-corrected chi connectivity index (χ0v) is 20.6. The van der Waals surface area contributed by atoms with Crippen LogP contribution in [0.3, 0.4) is 0 Å². The van der Waals surface area contributed by atoms with Crippen LogP contribution < -0.4 is 0 Å². The van der Waals surface area contributed by atoms with Crippen LogP contribution in [0.2, 0.25) is 0 Å². The second-order valence-electron chi connectivity index (χ2n) is 9.01. The van der Waals surface area contributed by atoms with E-state index in [0.29, 0.717) is 19.5 Å². The molecule has 0 radical (unpaired) electrons. The van der Waals surface area contributed by atoms with E-state index in [9.17, 15) is 13.2 Å². The van der Waals surface area contributed by atoms with Crippen molar-refractivity contribution < 1.29 is 13.2 Å². The number of benzene rings is 2. The summed E-state index contributed by atoms with van der Waals surface area (Å²) in [6.45, 7) is 2.86. The van der Waals surface area contributed by atoms with E-state index in [1.807, 2.05) is 72.2 Å². The van der Waals surface area contributed by atoms with Gasteiger partial charge in [0.25, 0.3) is 0 Å². The van der Waals surface area contributed by atoms with Gasteiger partial charge in [-0.25, -0.2) is 13.4 Å². The van der Waals surface area contributed by atoms with Gasteiger partial charge < -0.3 is 9.47 Å². The summed E-state index contributed by atoms with van der Waals surface area (Å²) in [5.41, 5.74) is 2.51. The molecular formula is C27H33N3O3S. The van der Waals surface area contributed by atoms with E-state index in [4.69, 9.17) is 0 Å². The van der Waals surface area contributed by atoms with E-state index in [1.54, 1.807) is 11.1 Å². The summed E-state index contributed by atoms with van der Waals surface area (Å²) in [6.07, 6.45) is 7.16. The van der Waals surface area contributed by atoms with Crippen molar-refractivity contribution in [3.05, 3.63) is 83.7 Å². The number of nitrogens with zero attached hydrogens (tertiary/aromatic N) is 3. The number of rotatable bonds is 9. The van der Waals surface area contributed by atoms with Gasteiger partial charge in [-0.1, -0.05) is 79.9 Å². The number of hydrogen-bond acceptors (Lipinski definition) is 4. The Balaban J connectivity index is 1.62. The van der Waals surface area contributed by atoms with Crippen molar-refractivity contribution in [1.82, 2.24) is 14.5 Å². The van der Waals surface area contributed by atoms with Crippen LogP contribution >= 0.6 is 0 Å². The normalized spacial score (nSPS) is 14.7. The number of carbonyl (C=O) groups is 1. The highest BCUT2D eigenvalue weighted by Crippen LogP contribution is 2.33. The summed E-state index contributed by atoms with van der Waals surface area (Å²) in [5, 5.41) is 0.129. The molecule has 0 saturated heterocycles. The molecule has 1 heterocycles. The van der Waals surface area contributed by atoms with Crippen LogP contribution in [-0.4, -0.2) is 35.3 Å². The van der Waals surface area contributed by atoms with Crippen molar-refractivity contribution in [2.75, 3.05) is 6.54 Å². The lowest BCUT2D eigenvalue weighted by atomic mass is 9.95. The fourth-order valence-electron chi connectivity index (χ4n) is 4.77. The molecule has 34 heavy (non-hydrogen) atoms. The quantitative estimate of drug-likeness (QED) is 0.435. The third kappa shape index (κ3) is 5.76. The standard InChI is InChI=1S/C27H33N3O3S/c1-2-29(26(31)18-22-12-6-3-7-13-22)20-25-19-28-27(30(25)24-16-10-5-11-17-24)34(32,33)21-23-14-8-4-9-15-23/h3-4,6-9,12-15,19,24H,2,5,10-11,16-18,20-21H2,1H3. The molecule has 0 unspecified atom stereocenters. The van der Waals surface area contributed by atoms with E-state index in [2.05, 4.69) is 4.98 Å². The third-order valence-corrected chi connectivity index (χ3v) is 8.11. The highest BCUT2D eigenvalue weighted by atomic mass is 32.2. The van der Waals surface area contributed by atoms with Crippen LogP contribution in [0, 0.1) is 0 Å². The second-order valence-corrected chi connectivity index (χ2v) is 10.9. The Hall–Kier alpha value is -2.93. The molecule has 1 amide bonds. The van der Waals surface area contributed by atoms with Gasteiger partial charge in [-0.3, -0.25) is 4.79 Å². The highest BCUT2D eigenvalue weighted by Gasteiger charge is 2.30. The van der Waals surface area contributed by atoms with E-state index >= 15 is 0 Å². The lowest BCUT2D eigenvalue weighted by molar-refractivity contribution is -0.131. The van der Waals surface area contributed by atoms with E-state index in [-0.39, 0.29) is 22.9 Å². The van der Waals surface area contributed by atoms with Gasteiger partial charge in [0.15, 0.2) is 0 Å². The number of likely N-dealkylation sites (N-methyl/N-ethyl adjacent to an activating group) is 1. The molecule has 180 valence electrons. The minimum atomic E-state index is -3.64. The zero-order chi connectivity index (χ0) is 24.0. The van der Waals surface area contributed by atoms with Gasteiger partial charge in [0.2, 0.25) is 20.9 Å². The molecular weight excluding hydrogens is 446 g/mol. The van der Waals surface area contributed by atoms with Gasteiger partial charge in [0, 0.05) is 12.6 Å². The van der Waals surface area contributed by atoms with Crippen molar-refractivity contribution in [3.63, 3.8) is 0 Å². The molecule has 0 bridgehead atoms. The molecule has 7 heteroatoms. The monoisotopic (exact) mass is 479 g/mol. The average molecular weight is 480 g/mol. The number of amides is 1. The summed E-state index contributed by atoms with van der Waals surface area (Å²) in [5.74, 6) is -0.0552. The van der Waals surface area contributed by atoms with Crippen LogP contribution in [0.4, 0.5) is 0 Å². The van der Waals surface area contributed by atoms with Gasteiger partial charge in [-0.2, -0.15) is 0 Å². The lowest BCUT2D eigenvalue weighted by Gasteiger charge is -2.28. The van der Waals surface area contributed by atoms with Gasteiger partial charge in [0.1, 0.15) is 0 Å². The second kappa shape index (κ2) is 11.0. The maximum absolute atomic E-state index is 13.4. The van der Waals surface area contributed by atoms with Gasteiger partial charge in [0.05, 0.1) is 30.6 Å². The topological polar surface area (TPSA) is 72.3 Å². The van der Waals surface area contributed by atoms with Crippen molar-refractivity contribution >= 4 is 15.7 Å². The third-order valence-electron chi connectivity index (χ3n) is 6.54. The number of carbonyl (C=O) groups excluding carboxylic acids is 1. The number of hydrogen-bond donors (Lipinski definition) is 0. The van der Waals surface area contributed by atoms with Crippen LogP contribution in [0.25, 0.3) is 0 Å². The first-order valence-electron chi connectivity index (χ1n) is 12.1. The molecule has 1 aromatic heterocycles. The minimum absolute atomic E-state index is 0.0267. The molecule has 4 rings (SSSR count). The number of imidazole rings is 1. The summed E-state index contributed by atoms with van der Waals surface area (Å²) in [7, 11) is -3.64. The highest BCUT2D eigenvalue weighted by molar-refractivity contribution is 7.90. The maximum Gasteiger partial charge on any atom is 0.228 e. The van der Waals surface area contributed by atoms with E-state index in [1.165, 1.54) is 6.42 Å². The average Bonchev–Trinajstić information content (AvgIpc) is 3.29. The zero-order valence-electron chi connectivity index (χ0n) is 19.8. The smallest absolute Gasteiger partial charge is 0.228 e.